The molecule has 1 aliphatic rings. The van der Waals surface area contributed by atoms with E-state index in [1.165, 1.54) is 6.42 Å². The zero-order valence-corrected chi connectivity index (χ0v) is 11.1. The van der Waals surface area contributed by atoms with Gasteiger partial charge < -0.3 is 15.5 Å². The number of carbonyl (C=O) groups excluding carboxylic acids is 2. The maximum atomic E-state index is 11.7. The Morgan fingerprint density at radius 3 is 2.41 bits per heavy atom. The summed E-state index contributed by atoms with van der Waals surface area (Å²) in [4.78, 5) is 24.7. The molecule has 0 saturated carbocycles. The molecule has 5 nitrogen and oxygen atoms in total. The lowest BCUT2D eigenvalue weighted by molar-refractivity contribution is -0.132. The fourth-order valence-corrected chi connectivity index (χ4v) is 1.83. The number of piperidine rings is 1. The lowest BCUT2D eigenvalue weighted by atomic mass is 10.1. The number of likely N-dealkylation sites (N-methyl/N-ethyl adjacent to an activating group) is 1. The molecule has 2 amide bonds. The van der Waals surface area contributed by atoms with Gasteiger partial charge in [-0.2, -0.15) is 0 Å². The molecule has 0 aliphatic carbocycles. The van der Waals surface area contributed by atoms with E-state index in [0.717, 1.165) is 25.9 Å². The first kappa shape index (κ1) is 16.2. The van der Waals surface area contributed by atoms with Crippen molar-refractivity contribution in [1.29, 1.82) is 0 Å². The first-order chi connectivity index (χ1) is 7.74. The highest BCUT2D eigenvalue weighted by Crippen LogP contribution is 2.09. The van der Waals surface area contributed by atoms with Crippen molar-refractivity contribution < 1.29 is 9.59 Å². The minimum atomic E-state index is -0.0612. The van der Waals surface area contributed by atoms with E-state index in [4.69, 9.17) is 0 Å². The third kappa shape index (κ3) is 6.48. The number of halogens is 1. The molecule has 17 heavy (non-hydrogen) atoms. The van der Waals surface area contributed by atoms with Gasteiger partial charge in [0.15, 0.2) is 0 Å². The molecule has 0 aromatic heterocycles. The fraction of sp³-hybridized carbons (Fsp3) is 0.818. The molecule has 1 rings (SSSR count). The van der Waals surface area contributed by atoms with E-state index in [0.29, 0.717) is 19.5 Å². The van der Waals surface area contributed by atoms with Crippen LogP contribution in [0.2, 0.25) is 0 Å². The number of likely N-dealkylation sites (tertiary alicyclic amines) is 1. The minimum absolute atomic E-state index is 0. The van der Waals surface area contributed by atoms with Gasteiger partial charge in [0.05, 0.1) is 6.54 Å². The second-order valence-electron chi connectivity index (χ2n) is 4.07. The zero-order chi connectivity index (χ0) is 11.8. The summed E-state index contributed by atoms with van der Waals surface area (Å²) >= 11 is 0. The number of amides is 2. The van der Waals surface area contributed by atoms with Crippen molar-refractivity contribution in [3.63, 3.8) is 0 Å². The summed E-state index contributed by atoms with van der Waals surface area (Å²) in [6.07, 6.45) is 3.86. The number of rotatable bonds is 5. The second kappa shape index (κ2) is 9.24. The van der Waals surface area contributed by atoms with Crippen molar-refractivity contribution in [3.05, 3.63) is 0 Å². The van der Waals surface area contributed by atoms with Gasteiger partial charge in [0, 0.05) is 26.1 Å². The van der Waals surface area contributed by atoms with Crippen LogP contribution in [0.5, 0.6) is 0 Å². The summed E-state index contributed by atoms with van der Waals surface area (Å²) in [5.41, 5.74) is 0. The zero-order valence-electron chi connectivity index (χ0n) is 10.3. The summed E-state index contributed by atoms with van der Waals surface area (Å²) in [5.74, 6) is 0.0957. The van der Waals surface area contributed by atoms with Gasteiger partial charge in [-0.3, -0.25) is 9.59 Å². The smallest absolute Gasteiger partial charge is 0.233 e. The predicted octanol–water partition coefficient (Wildman–Crippen LogP) is 0.146. The van der Waals surface area contributed by atoms with E-state index in [2.05, 4.69) is 10.6 Å². The van der Waals surface area contributed by atoms with Crippen molar-refractivity contribution in [3.8, 4) is 0 Å². The summed E-state index contributed by atoms with van der Waals surface area (Å²) in [6.45, 7) is 2.50. The summed E-state index contributed by atoms with van der Waals surface area (Å²) in [7, 11) is 1.72. The lowest BCUT2D eigenvalue weighted by Gasteiger charge is -2.26. The van der Waals surface area contributed by atoms with E-state index < -0.39 is 0 Å². The standard InChI is InChI=1S/C11H21N3O2.ClH/c1-12-9-10(15)13-6-5-11(16)14-7-3-2-4-8-14;/h12H,2-9H2,1H3,(H,13,15);1H. The third-order valence-electron chi connectivity index (χ3n) is 2.71. The molecule has 0 unspecified atom stereocenters. The average molecular weight is 264 g/mol. The maximum absolute atomic E-state index is 11.7. The summed E-state index contributed by atoms with van der Waals surface area (Å²) < 4.78 is 0. The Hall–Kier alpha value is -0.810. The van der Waals surface area contributed by atoms with Gasteiger partial charge in [-0.25, -0.2) is 0 Å². The fourth-order valence-electron chi connectivity index (χ4n) is 1.83. The van der Waals surface area contributed by atoms with Crippen LogP contribution < -0.4 is 10.6 Å². The molecule has 0 aromatic rings. The van der Waals surface area contributed by atoms with Gasteiger partial charge in [0.1, 0.15) is 0 Å². The van der Waals surface area contributed by atoms with Crippen molar-refractivity contribution >= 4 is 24.2 Å². The van der Waals surface area contributed by atoms with E-state index in [9.17, 15) is 9.59 Å². The minimum Gasteiger partial charge on any atom is -0.354 e. The predicted molar refractivity (Wildman–Crippen MR) is 69.2 cm³/mol. The Balaban J connectivity index is 0.00000256. The van der Waals surface area contributed by atoms with Crippen molar-refractivity contribution in [2.45, 2.75) is 25.7 Å². The molecular formula is C11H22ClN3O2. The van der Waals surface area contributed by atoms with Crippen molar-refractivity contribution in [1.82, 2.24) is 15.5 Å². The summed E-state index contributed by atoms with van der Waals surface area (Å²) in [6, 6.07) is 0. The third-order valence-corrected chi connectivity index (χ3v) is 2.71. The van der Waals surface area contributed by atoms with Gasteiger partial charge in [-0.15, -0.1) is 12.4 Å². The molecule has 0 spiro atoms. The van der Waals surface area contributed by atoms with Gasteiger partial charge >= 0.3 is 0 Å². The Morgan fingerprint density at radius 1 is 1.18 bits per heavy atom. The highest BCUT2D eigenvalue weighted by molar-refractivity contribution is 5.85. The SMILES string of the molecule is CNCC(=O)NCCC(=O)N1CCCCC1.Cl. The Labute approximate surface area is 109 Å². The Bertz CT molecular complexity index is 243. The molecule has 0 bridgehead atoms. The molecule has 0 aromatic carbocycles. The molecule has 6 heteroatoms. The normalized spacial score (nSPS) is 15.0. The molecule has 1 aliphatic heterocycles. The van der Waals surface area contributed by atoms with E-state index in [-0.39, 0.29) is 24.2 Å². The van der Waals surface area contributed by atoms with E-state index in [1.807, 2.05) is 4.90 Å². The molecular weight excluding hydrogens is 242 g/mol. The molecule has 1 saturated heterocycles. The number of nitrogens with one attached hydrogen (secondary N) is 2. The van der Waals surface area contributed by atoms with Crippen LogP contribution >= 0.6 is 12.4 Å². The monoisotopic (exact) mass is 263 g/mol. The largest absolute Gasteiger partial charge is 0.354 e. The summed E-state index contributed by atoms with van der Waals surface area (Å²) in [5, 5.41) is 5.47. The van der Waals surface area contributed by atoms with Gasteiger partial charge in [0.25, 0.3) is 0 Å². The molecule has 100 valence electrons. The lowest BCUT2D eigenvalue weighted by Crippen LogP contribution is -2.39. The number of hydrogen-bond donors (Lipinski definition) is 2. The van der Waals surface area contributed by atoms with Crippen LogP contribution in [-0.2, 0) is 9.59 Å². The van der Waals surface area contributed by atoms with Crippen molar-refractivity contribution in [2.75, 3.05) is 33.2 Å². The Kier molecular flexibility index (Phi) is 8.80. The van der Waals surface area contributed by atoms with Gasteiger partial charge in [-0.05, 0) is 26.3 Å². The molecule has 1 fully saturated rings. The van der Waals surface area contributed by atoms with E-state index in [1.54, 1.807) is 7.05 Å². The molecule has 0 radical (unpaired) electrons. The highest BCUT2D eigenvalue weighted by Gasteiger charge is 2.15. The van der Waals surface area contributed by atoms with Gasteiger partial charge in [-0.1, -0.05) is 0 Å². The number of hydrogen-bond acceptors (Lipinski definition) is 3. The van der Waals surface area contributed by atoms with Crippen LogP contribution in [0.25, 0.3) is 0 Å². The van der Waals surface area contributed by atoms with Gasteiger partial charge in [0.2, 0.25) is 11.8 Å². The Morgan fingerprint density at radius 2 is 1.82 bits per heavy atom. The number of carbonyl (C=O) groups is 2. The first-order valence-corrected chi connectivity index (χ1v) is 5.93. The van der Waals surface area contributed by atoms with Crippen LogP contribution in [-0.4, -0.2) is 49.9 Å². The first-order valence-electron chi connectivity index (χ1n) is 5.93. The van der Waals surface area contributed by atoms with Crippen LogP contribution in [0.1, 0.15) is 25.7 Å². The van der Waals surface area contributed by atoms with Crippen LogP contribution in [0.4, 0.5) is 0 Å². The molecule has 0 atom stereocenters. The van der Waals surface area contributed by atoms with Crippen LogP contribution in [0.3, 0.4) is 0 Å². The molecule has 2 N–H and O–H groups in total. The quantitative estimate of drug-likeness (QED) is 0.742. The van der Waals surface area contributed by atoms with Crippen molar-refractivity contribution in [2.24, 2.45) is 0 Å². The number of nitrogens with zero attached hydrogens (tertiary/aromatic N) is 1. The average Bonchev–Trinajstić information content (AvgIpc) is 2.30. The maximum Gasteiger partial charge on any atom is 0.233 e. The molecule has 1 heterocycles. The van der Waals surface area contributed by atoms with Crippen LogP contribution in [0.15, 0.2) is 0 Å². The highest BCUT2D eigenvalue weighted by atomic mass is 35.5. The van der Waals surface area contributed by atoms with E-state index >= 15 is 0 Å². The van der Waals surface area contributed by atoms with Crippen LogP contribution in [0, 0.1) is 0 Å². The topological polar surface area (TPSA) is 61.4 Å². The second-order valence-corrected chi connectivity index (χ2v) is 4.07.